The summed E-state index contributed by atoms with van der Waals surface area (Å²) < 4.78 is 28.4. The number of methoxy groups -OCH3 is 2. The van der Waals surface area contributed by atoms with Crippen molar-refractivity contribution in [2.45, 2.75) is 25.4 Å². The Hall–Kier alpha value is -3.23. The summed E-state index contributed by atoms with van der Waals surface area (Å²) in [4.78, 5) is 24.3. The van der Waals surface area contributed by atoms with Crippen LogP contribution in [0, 0.1) is 5.92 Å². The van der Waals surface area contributed by atoms with Gasteiger partial charge in [-0.05, 0) is 37.0 Å². The molecule has 2 aromatic carbocycles. The van der Waals surface area contributed by atoms with Gasteiger partial charge in [0.05, 0.1) is 36.8 Å². The zero-order valence-electron chi connectivity index (χ0n) is 19.1. The first-order valence-corrected chi connectivity index (χ1v) is 11.2. The van der Waals surface area contributed by atoms with Gasteiger partial charge in [-0.3, -0.25) is 4.79 Å². The molecule has 180 valence electrons. The zero-order chi connectivity index (χ0) is 24.5. The van der Waals surface area contributed by atoms with Crippen LogP contribution in [0.25, 0.3) is 22.3 Å². The van der Waals surface area contributed by atoms with Crippen molar-refractivity contribution >= 4 is 28.5 Å². The van der Waals surface area contributed by atoms with Gasteiger partial charge in [-0.25, -0.2) is 4.79 Å². The molecule has 0 radical (unpaired) electrons. The average Bonchev–Trinajstić information content (AvgIpc) is 2.82. The quantitative estimate of drug-likeness (QED) is 0.429. The molecule has 1 aliphatic carbocycles. The second kappa shape index (κ2) is 9.56. The van der Waals surface area contributed by atoms with E-state index in [1.165, 1.54) is 20.3 Å². The van der Waals surface area contributed by atoms with Crippen LogP contribution in [0.4, 0.5) is 0 Å². The lowest BCUT2D eigenvalue weighted by molar-refractivity contribution is -0.193. The van der Waals surface area contributed by atoms with Crippen molar-refractivity contribution in [3.63, 3.8) is 0 Å². The maximum atomic E-state index is 12.7. The van der Waals surface area contributed by atoms with Crippen molar-refractivity contribution in [1.82, 2.24) is 0 Å². The minimum atomic E-state index is -1.16. The molecule has 34 heavy (non-hydrogen) atoms. The summed E-state index contributed by atoms with van der Waals surface area (Å²) in [6.07, 6.45) is 1.28. The molecule has 8 nitrogen and oxygen atoms in total. The Labute approximate surface area is 200 Å². The minimum Gasteiger partial charge on any atom is -0.496 e. The molecule has 0 bridgehead atoms. The third kappa shape index (κ3) is 4.19. The second-order valence-corrected chi connectivity index (χ2v) is 8.53. The molecule has 4 rings (SSSR count). The molecule has 2 atom stereocenters. The predicted octanol–water partition coefficient (Wildman–Crippen LogP) is 4.78. The van der Waals surface area contributed by atoms with Crippen molar-refractivity contribution in [1.29, 1.82) is 0 Å². The molecule has 1 fully saturated rings. The van der Waals surface area contributed by atoms with Gasteiger partial charge in [0.1, 0.15) is 18.1 Å². The Morgan fingerprint density at radius 3 is 2.53 bits per heavy atom. The molecule has 9 heteroatoms. The number of halogens is 1. The highest BCUT2D eigenvalue weighted by molar-refractivity contribution is 6.34. The number of para-hydroxylation sites is 1. The Kier molecular flexibility index (Phi) is 6.72. The molecule has 0 aliphatic heterocycles. The number of aliphatic carboxylic acids is 1. The molecule has 0 amide bonds. The predicted molar refractivity (Wildman–Crippen MR) is 126 cm³/mol. The van der Waals surface area contributed by atoms with Gasteiger partial charge in [-0.2, -0.15) is 0 Å². The summed E-state index contributed by atoms with van der Waals surface area (Å²) in [7, 11) is 2.98. The number of rotatable bonds is 9. The Bertz CT molecular complexity index is 1280. The zero-order valence-corrected chi connectivity index (χ0v) is 19.8. The van der Waals surface area contributed by atoms with Crippen molar-refractivity contribution in [3.8, 4) is 28.6 Å². The van der Waals surface area contributed by atoms with Crippen LogP contribution >= 0.6 is 11.6 Å². The van der Waals surface area contributed by atoms with E-state index in [1.54, 1.807) is 30.3 Å². The van der Waals surface area contributed by atoms with E-state index in [2.05, 4.69) is 0 Å². The molecule has 0 spiro atoms. The lowest BCUT2D eigenvalue weighted by Crippen LogP contribution is -2.55. The van der Waals surface area contributed by atoms with Gasteiger partial charge in [0.25, 0.3) is 0 Å². The first-order chi connectivity index (χ1) is 16.3. The molecule has 3 aromatic rings. The van der Waals surface area contributed by atoms with Crippen molar-refractivity contribution in [2.75, 3.05) is 27.4 Å². The fourth-order valence-electron chi connectivity index (χ4n) is 4.12. The Morgan fingerprint density at radius 1 is 1.15 bits per heavy atom. The maximum Gasteiger partial charge on any atom is 0.336 e. The van der Waals surface area contributed by atoms with E-state index in [1.807, 2.05) is 6.92 Å². The van der Waals surface area contributed by atoms with Gasteiger partial charge in [0, 0.05) is 12.1 Å². The number of hydrogen-bond donors (Lipinski definition) is 1. The van der Waals surface area contributed by atoms with Gasteiger partial charge in [0.2, 0.25) is 0 Å². The van der Waals surface area contributed by atoms with Gasteiger partial charge >= 0.3 is 5.97 Å². The van der Waals surface area contributed by atoms with Gasteiger partial charge in [0.15, 0.2) is 28.1 Å². The van der Waals surface area contributed by atoms with E-state index in [-0.39, 0.29) is 35.9 Å². The highest BCUT2D eigenvalue weighted by atomic mass is 35.5. The largest absolute Gasteiger partial charge is 0.496 e. The lowest BCUT2D eigenvalue weighted by atomic mass is 9.70. The number of benzene rings is 2. The SMILES string of the molecule is COc1cc(OC)c(-c2cc(=O)c3cccc(Cl)c3o2)cc1OCCOC1(C(=O)O)CCC1C. The molecular weight excluding hydrogens is 464 g/mol. The Balaban J connectivity index is 1.63. The van der Waals surface area contributed by atoms with Crippen molar-refractivity contribution in [2.24, 2.45) is 5.92 Å². The average molecular weight is 489 g/mol. The van der Waals surface area contributed by atoms with E-state index < -0.39 is 11.6 Å². The van der Waals surface area contributed by atoms with Crippen LogP contribution in [0.1, 0.15) is 19.8 Å². The molecule has 1 aliphatic rings. The number of hydrogen-bond acceptors (Lipinski definition) is 7. The number of carboxylic acid groups (broad SMARTS) is 1. The second-order valence-electron chi connectivity index (χ2n) is 8.13. The fourth-order valence-corrected chi connectivity index (χ4v) is 4.33. The summed E-state index contributed by atoms with van der Waals surface area (Å²) in [5, 5.41) is 10.2. The van der Waals surface area contributed by atoms with Gasteiger partial charge in [-0.1, -0.05) is 24.6 Å². The first kappa shape index (κ1) is 23.9. The van der Waals surface area contributed by atoms with Gasteiger partial charge < -0.3 is 28.5 Å². The summed E-state index contributed by atoms with van der Waals surface area (Å²) >= 11 is 6.25. The van der Waals surface area contributed by atoms with Crippen LogP contribution in [-0.4, -0.2) is 44.1 Å². The molecule has 1 aromatic heterocycles. The summed E-state index contributed by atoms with van der Waals surface area (Å²) in [5.41, 5.74) is -0.672. The number of carboxylic acids is 1. The van der Waals surface area contributed by atoms with Crippen LogP contribution in [0.2, 0.25) is 5.02 Å². The van der Waals surface area contributed by atoms with Crippen molar-refractivity contribution < 1.29 is 33.3 Å². The van der Waals surface area contributed by atoms with E-state index >= 15 is 0 Å². The third-order valence-electron chi connectivity index (χ3n) is 6.27. The fraction of sp³-hybridized carbons (Fsp3) is 0.360. The van der Waals surface area contributed by atoms with Crippen LogP contribution in [0.15, 0.2) is 45.6 Å². The number of ether oxygens (including phenoxy) is 4. The maximum absolute atomic E-state index is 12.7. The lowest BCUT2D eigenvalue weighted by Gasteiger charge is -2.43. The van der Waals surface area contributed by atoms with Gasteiger partial charge in [-0.15, -0.1) is 0 Å². The molecule has 1 saturated carbocycles. The monoisotopic (exact) mass is 488 g/mol. The first-order valence-electron chi connectivity index (χ1n) is 10.8. The molecule has 0 saturated heterocycles. The minimum absolute atomic E-state index is 0.0604. The number of carbonyl (C=O) groups is 1. The summed E-state index contributed by atoms with van der Waals surface area (Å²) in [6, 6.07) is 9.59. The molecular formula is C25H25ClO8. The molecule has 2 unspecified atom stereocenters. The topological polar surface area (TPSA) is 104 Å². The van der Waals surface area contributed by atoms with E-state index in [4.69, 9.17) is 35.0 Å². The molecule has 1 heterocycles. The van der Waals surface area contributed by atoms with Crippen LogP contribution < -0.4 is 19.6 Å². The molecule has 1 N–H and O–H groups in total. The highest BCUT2D eigenvalue weighted by Crippen LogP contribution is 2.43. The van der Waals surface area contributed by atoms with E-state index in [0.717, 1.165) is 6.42 Å². The van der Waals surface area contributed by atoms with Crippen LogP contribution in [0.5, 0.6) is 17.2 Å². The van der Waals surface area contributed by atoms with E-state index in [0.29, 0.717) is 39.6 Å². The highest BCUT2D eigenvalue weighted by Gasteiger charge is 2.52. The normalized spacial score (nSPS) is 19.5. The smallest absolute Gasteiger partial charge is 0.336 e. The van der Waals surface area contributed by atoms with Crippen LogP contribution in [-0.2, 0) is 9.53 Å². The third-order valence-corrected chi connectivity index (χ3v) is 6.56. The van der Waals surface area contributed by atoms with Crippen molar-refractivity contribution in [3.05, 3.63) is 51.6 Å². The summed E-state index contributed by atoms with van der Waals surface area (Å²) in [6.45, 7) is 2.04. The van der Waals surface area contributed by atoms with E-state index in [9.17, 15) is 14.7 Å². The summed E-state index contributed by atoms with van der Waals surface area (Å²) in [5.74, 6) is 0.388. The standard InChI is InChI=1S/C25H25ClO8/c1-14-7-8-25(14,24(28)29)33-10-9-32-22-11-16(19(30-2)13-21(22)31-3)20-12-18(27)15-5-4-6-17(26)23(15)34-20/h4-6,11-14H,7-10H2,1-3H3,(H,28,29). The Morgan fingerprint density at radius 2 is 1.91 bits per heavy atom. The number of fused-ring (bicyclic) bond motifs is 1. The van der Waals surface area contributed by atoms with Crippen LogP contribution in [0.3, 0.4) is 0 Å².